The van der Waals surface area contributed by atoms with E-state index < -0.39 is 0 Å². The quantitative estimate of drug-likeness (QED) is 0.390. The predicted molar refractivity (Wildman–Crippen MR) is 84.1 cm³/mol. The van der Waals surface area contributed by atoms with Crippen molar-refractivity contribution >= 4 is 5.96 Å². The van der Waals surface area contributed by atoms with Crippen LogP contribution in [-0.4, -0.2) is 81.8 Å². The van der Waals surface area contributed by atoms with Gasteiger partial charge >= 0.3 is 0 Å². The lowest BCUT2D eigenvalue weighted by atomic mass is 10.3. The molecule has 1 unspecified atom stereocenters. The van der Waals surface area contributed by atoms with Crippen LogP contribution in [0, 0.1) is 0 Å². The van der Waals surface area contributed by atoms with Crippen molar-refractivity contribution < 1.29 is 4.74 Å². The molecular weight excluding hydrogens is 254 g/mol. The van der Waals surface area contributed by atoms with E-state index in [-0.39, 0.29) is 6.04 Å². The lowest BCUT2D eigenvalue weighted by Gasteiger charge is -2.19. The summed E-state index contributed by atoms with van der Waals surface area (Å²) in [5, 5.41) is 3.12. The standard InChI is InChI=1S/C14H31N5O/c1-13(12-20-3)17-14(15)16-6-4-8-19-9-5-7-18(2)10-11-19/h13H,4-12H2,1-3H3,(H3,15,16,17). The summed E-state index contributed by atoms with van der Waals surface area (Å²) in [5.74, 6) is 0.519. The van der Waals surface area contributed by atoms with Crippen LogP contribution in [-0.2, 0) is 4.74 Å². The summed E-state index contributed by atoms with van der Waals surface area (Å²) in [6.45, 7) is 9.30. The summed E-state index contributed by atoms with van der Waals surface area (Å²) in [6.07, 6.45) is 2.32. The van der Waals surface area contributed by atoms with Crippen LogP contribution in [0.5, 0.6) is 0 Å². The maximum atomic E-state index is 5.83. The summed E-state index contributed by atoms with van der Waals surface area (Å²) < 4.78 is 5.05. The Balaban J connectivity index is 2.13. The highest BCUT2D eigenvalue weighted by Gasteiger charge is 2.11. The molecule has 118 valence electrons. The summed E-state index contributed by atoms with van der Waals surface area (Å²) in [6, 6.07) is 0.199. The number of hydrogen-bond acceptors (Lipinski definition) is 4. The third kappa shape index (κ3) is 7.67. The number of likely N-dealkylation sites (N-methyl/N-ethyl adjacent to an activating group) is 1. The summed E-state index contributed by atoms with van der Waals surface area (Å²) in [5.41, 5.74) is 5.83. The van der Waals surface area contributed by atoms with E-state index in [1.807, 2.05) is 6.92 Å². The highest BCUT2D eigenvalue weighted by atomic mass is 16.5. The van der Waals surface area contributed by atoms with Gasteiger partial charge in [0, 0.05) is 32.8 Å². The van der Waals surface area contributed by atoms with Gasteiger partial charge in [-0.05, 0) is 46.4 Å². The Kier molecular flexibility index (Phi) is 8.57. The van der Waals surface area contributed by atoms with Gasteiger partial charge in [0.2, 0.25) is 0 Å². The average Bonchev–Trinajstić information content (AvgIpc) is 2.60. The maximum absolute atomic E-state index is 5.83. The number of nitrogens with zero attached hydrogens (tertiary/aromatic N) is 3. The lowest BCUT2D eigenvalue weighted by Crippen LogP contribution is -2.40. The fraction of sp³-hybridized carbons (Fsp3) is 0.929. The first-order valence-electron chi connectivity index (χ1n) is 7.58. The van der Waals surface area contributed by atoms with Crippen molar-refractivity contribution in [2.75, 3.05) is 60.0 Å². The van der Waals surface area contributed by atoms with Gasteiger partial charge in [0.15, 0.2) is 5.96 Å². The maximum Gasteiger partial charge on any atom is 0.188 e. The molecule has 1 saturated heterocycles. The van der Waals surface area contributed by atoms with E-state index in [4.69, 9.17) is 10.5 Å². The Labute approximate surface area is 123 Å². The topological polar surface area (TPSA) is 66.1 Å². The fourth-order valence-corrected chi connectivity index (χ4v) is 2.41. The van der Waals surface area contributed by atoms with E-state index >= 15 is 0 Å². The summed E-state index contributed by atoms with van der Waals surface area (Å²) >= 11 is 0. The second kappa shape index (κ2) is 9.96. The van der Waals surface area contributed by atoms with Gasteiger partial charge < -0.3 is 25.6 Å². The van der Waals surface area contributed by atoms with Crippen LogP contribution in [0.2, 0.25) is 0 Å². The van der Waals surface area contributed by atoms with E-state index in [1.54, 1.807) is 7.11 Å². The molecule has 1 rings (SSSR count). The van der Waals surface area contributed by atoms with Gasteiger partial charge in [0.25, 0.3) is 0 Å². The minimum Gasteiger partial charge on any atom is -0.383 e. The van der Waals surface area contributed by atoms with Crippen molar-refractivity contribution in [2.24, 2.45) is 10.7 Å². The number of guanidine groups is 1. The van der Waals surface area contributed by atoms with Crippen LogP contribution in [0.15, 0.2) is 4.99 Å². The molecule has 0 amide bonds. The Morgan fingerprint density at radius 3 is 2.90 bits per heavy atom. The molecule has 0 bridgehead atoms. The van der Waals surface area contributed by atoms with Crippen LogP contribution in [0.3, 0.4) is 0 Å². The first-order chi connectivity index (χ1) is 9.61. The van der Waals surface area contributed by atoms with Crippen molar-refractivity contribution in [3.63, 3.8) is 0 Å². The average molecular weight is 285 g/mol. The SMILES string of the molecule is COCC(C)NC(N)=NCCCN1CCCN(C)CC1. The van der Waals surface area contributed by atoms with E-state index in [9.17, 15) is 0 Å². The number of rotatable bonds is 7. The van der Waals surface area contributed by atoms with Crippen molar-refractivity contribution in [3.8, 4) is 0 Å². The summed E-state index contributed by atoms with van der Waals surface area (Å²) in [7, 11) is 3.88. The minimum absolute atomic E-state index is 0.199. The Hall–Kier alpha value is -0.850. The Morgan fingerprint density at radius 2 is 2.15 bits per heavy atom. The second-order valence-electron chi connectivity index (χ2n) is 5.62. The van der Waals surface area contributed by atoms with Crippen molar-refractivity contribution in [1.82, 2.24) is 15.1 Å². The lowest BCUT2D eigenvalue weighted by molar-refractivity contribution is 0.179. The smallest absolute Gasteiger partial charge is 0.188 e. The van der Waals surface area contributed by atoms with Gasteiger partial charge in [-0.2, -0.15) is 0 Å². The molecule has 6 heteroatoms. The number of aliphatic imine (C=N–C) groups is 1. The first kappa shape index (κ1) is 17.2. The number of methoxy groups -OCH3 is 1. The van der Waals surface area contributed by atoms with Gasteiger partial charge in [-0.25, -0.2) is 0 Å². The molecule has 1 atom stereocenters. The van der Waals surface area contributed by atoms with Crippen LogP contribution < -0.4 is 11.1 Å². The molecule has 3 N–H and O–H groups in total. The molecule has 0 aliphatic carbocycles. The van der Waals surface area contributed by atoms with Crippen molar-refractivity contribution in [1.29, 1.82) is 0 Å². The number of nitrogens with one attached hydrogen (secondary N) is 1. The zero-order valence-corrected chi connectivity index (χ0v) is 13.3. The number of nitrogens with two attached hydrogens (primary N) is 1. The fourth-order valence-electron chi connectivity index (χ4n) is 2.41. The minimum atomic E-state index is 0.199. The first-order valence-corrected chi connectivity index (χ1v) is 7.58. The molecule has 1 aliphatic heterocycles. The van der Waals surface area contributed by atoms with E-state index in [1.165, 1.54) is 32.6 Å². The molecule has 0 aromatic carbocycles. The number of ether oxygens (including phenoxy) is 1. The van der Waals surface area contributed by atoms with Gasteiger partial charge in [-0.15, -0.1) is 0 Å². The Bertz CT molecular complexity index is 285. The highest BCUT2D eigenvalue weighted by Crippen LogP contribution is 2.01. The van der Waals surface area contributed by atoms with Crippen molar-refractivity contribution in [2.45, 2.75) is 25.8 Å². The van der Waals surface area contributed by atoms with Crippen molar-refractivity contribution in [3.05, 3.63) is 0 Å². The second-order valence-corrected chi connectivity index (χ2v) is 5.62. The normalized spacial score (nSPS) is 20.6. The van der Waals surface area contributed by atoms with Crippen LogP contribution in [0.4, 0.5) is 0 Å². The molecule has 0 aromatic heterocycles. The third-order valence-electron chi connectivity index (χ3n) is 3.54. The molecule has 1 aliphatic rings. The molecule has 0 spiro atoms. The largest absolute Gasteiger partial charge is 0.383 e. The van der Waals surface area contributed by atoms with Gasteiger partial charge in [0.05, 0.1) is 6.61 Å². The molecule has 1 heterocycles. The van der Waals surface area contributed by atoms with Crippen LogP contribution in [0.1, 0.15) is 19.8 Å². The van der Waals surface area contributed by atoms with E-state index in [0.29, 0.717) is 12.6 Å². The highest BCUT2D eigenvalue weighted by molar-refractivity contribution is 5.78. The summed E-state index contributed by atoms with van der Waals surface area (Å²) in [4.78, 5) is 9.28. The van der Waals surface area contributed by atoms with E-state index in [2.05, 4.69) is 27.2 Å². The molecular formula is C14H31N5O. The molecule has 20 heavy (non-hydrogen) atoms. The molecule has 6 nitrogen and oxygen atoms in total. The molecule has 0 aromatic rings. The molecule has 1 fully saturated rings. The van der Waals surface area contributed by atoms with Gasteiger partial charge in [0.1, 0.15) is 0 Å². The van der Waals surface area contributed by atoms with Gasteiger partial charge in [-0.1, -0.05) is 0 Å². The molecule has 0 radical (unpaired) electrons. The Morgan fingerprint density at radius 1 is 1.35 bits per heavy atom. The van der Waals surface area contributed by atoms with Crippen LogP contribution >= 0.6 is 0 Å². The monoisotopic (exact) mass is 285 g/mol. The molecule has 0 saturated carbocycles. The van der Waals surface area contributed by atoms with Crippen LogP contribution in [0.25, 0.3) is 0 Å². The zero-order chi connectivity index (χ0) is 14.8. The van der Waals surface area contributed by atoms with Gasteiger partial charge in [-0.3, -0.25) is 4.99 Å². The number of hydrogen-bond donors (Lipinski definition) is 2. The predicted octanol–water partition coefficient (Wildman–Crippen LogP) is -0.0468. The third-order valence-corrected chi connectivity index (χ3v) is 3.54. The van der Waals surface area contributed by atoms with E-state index in [0.717, 1.165) is 19.5 Å². The zero-order valence-electron chi connectivity index (χ0n) is 13.3.